The minimum atomic E-state index is -0.502. The fourth-order valence-corrected chi connectivity index (χ4v) is 3.39. The summed E-state index contributed by atoms with van der Waals surface area (Å²) in [6.07, 6.45) is 1.54. The molecule has 0 saturated carbocycles. The van der Waals surface area contributed by atoms with Gasteiger partial charge in [-0.2, -0.15) is 0 Å². The number of hydrogen-bond acceptors (Lipinski definition) is 6. The second-order valence-corrected chi connectivity index (χ2v) is 6.99. The number of hydrogen-bond donors (Lipinski definition) is 1. The number of carbonyl (C=O) groups excluding carboxylic acids is 1. The standard InChI is InChI=1S/C18H14ClN3O4S/c1-10-13(19)4-3-5-14(10)20-18-21-17(23)16(27-18)9-11-8-12(22(24)25)6-7-15(11)26-2/h3-9H,1-2H3,(H,20,21,23)/b16-9+. The van der Waals surface area contributed by atoms with E-state index in [1.54, 1.807) is 24.3 Å². The van der Waals surface area contributed by atoms with E-state index in [0.29, 0.717) is 32.1 Å². The molecule has 1 aliphatic rings. The molecule has 0 aliphatic carbocycles. The van der Waals surface area contributed by atoms with Gasteiger partial charge in [-0.05, 0) is 48.5 Å². The molecule has 1 saturated heterocycles. The summed E-state index contributed by atoms with van der Waals surface area (Å²) in [4.78, 5) is 27.6. The van der Waals surface area contributed by atoms with Crippen LogP contribution in [-0.4, -0.2) is 23.1 Å². The average molecular weight is 404 g/mol. The maximum absolute atomic E-state index is 12.3. The second-order valence-electron chi connectivity index (χ2n) is 5.55. The lowest BCUT2D eigenvalue weighted by molar-refractivity contribution is -0.384. The number of amides is 1. The lowest BCUT2D eigenvalue weighted by Crippen LogP contribution is -2.19. The molecule has 138 valence electrons. The van der Waals surface area contributed by atoms with Crippen molar-refractivity contribution in [2.75, 3.05) is 7.11 Å². The van der Waals surface area contributed by atoms with E-state index >= 15 is 0 Å². The lowest BCUT2D eigenvalue weighted by Gasteiger charge is -2.04. The van der Waals surface area contributed by atoms with Crippen LogP contribution in [-0.2, 0) is 4.79 Å². The molecule has 7 nitrogen and oxygen atoms in total. The van der Waals surface area contributed by atoms with Crippen molar-refractivity contribution in [3.63, 3.8) is 0 Å². The second kappa shape index (κ2) is 7.81. The third-order valence-electron chi connectivity index (χ3n) is 3.82. The zero-order valence-corrected chi connectivity index (χ0v) is 15.9. The van der Waals surface area contributed by atoms with Crippen LogP contribution >= 0.6 is 23.4 Å². The summed E-state index contributed by atoms with van der Waals surface area (Å²) in [5.74, 6) is 0.0876. The van der Waals surface area contributed by atoms with Crippen molar-refractivity contribution < 1.29 is 14.5 Å². The molecule has 1 N–H and O–H groups in total. The number of carbonyl (C=O) groups is 1. The number of benzene rings is 2. The monoisotopic (exact) mass is 403 g/mol. The number of methoxy groups -OCH3 is 1. The van der Waals surface area contributed by atoms with Crippen LogP contribution in [0.1, 0.15) is 11.1 Å². The maximum atomic E-state index is 12.3. The fourth-order valence-electron chi connectivity index (χ4n) is 2.40. The van der Waals surface area contributed by atoms with E-state index in [2.05, 4.69) is 10.3 Å². The summed E-state index contributed by atoms with van der Waals surface area (Å²) in [5, 5.41) is 14.7. The number of ether oxygens (including phenoxy) is 1. The molecule has 0 aromatic heterocycles. The van der Waals surface area contributed by atoms with Crippen LogP contribution in [0.15, 0.2) is 46.3 Å². The summed E-state index contributed by atoms with van der Waals surface area (Å²) < 4.78 is 5.22. The van der Waals surface area contributed by atoms with Crippen LogP contribution in [0.5, 0.6) is 5.75 Å². The van der Waals surface area contributed by atoms with E-state index < -0.39 is 4.92 Å². The Morgan fingerprint density at radius 2 is 2.11 bits per heavy atom. The van der Waals surface area contributed by atoms with Gasteiger partial charge in [0, 0.05) is 22.7 Å². The Balaban J connectivity index is 1.94. The van der Waals surface area contributed by atoms with Gasteiger partial charge in [0.15, 0.2) is 5.17 Å². The molecule has 1 heterocycles. The first kappa shape index (κ1) is 18.9. The number of nitro groups is 1. The molecule has 2 aromatic carbocycles. The third kappa shape index (κ3) is 4.12. The van der Waals surface area contributed by atoms with E-state index in [4.69, 9.17) is 16.3 Å². The molecule has 2 aromatic rings. The first-order valence-corrected chi connectivity index (χ1v) is 8.95. The van der Waals surface area contributed by atoms with Gasteiger partial charge in [-0.3, -0.25) is 14.9 Å². The summed E-state index contributed by atoms with van der Waals surface area (Å²) in [5.41, 5.74) is 1.80. The van der Waals surface area contributed by atoms with Crippen LogP contribution in [0.4, 0.5) is 11.4 Å². The molecular weight excluding hydrogens is 390 g/mol. The van der Waals surface area contributed by atoms with Crippen molar-refractivity contribution in [1.29, 1.82) is 0 Å². The third-order valence-corrected chi connectivity index (χ3v) is 5.14. The Morgan fingerprint density at radius 1 is 1.33 bits per heavy atom. The quantitative estimate of drug-likeness (QED) is 0.462. The molecule has 1 fully saturated rings. The molecule has 0 unspecified atom stereocenters. The Hall–Kier alpha value is -2.84. The van der Waals surface area contributed by atoms with Gasteiger partial charge in [-0.1, -0.05) is 17.7 Å². The fraction of sp³-hybridized carbons (Fsp3) is 0.111. The molecule has 0 atom stereocenters. The number of nitrogens with one attached hydrogen (secondary N) is 1. The van der Waals surface area contributed by atoms with E-state index in [0.717, 1.165) is 17.3 Å². The smallest absolute Gasteiger partial charge is 0.270 e. The molecule has 3 rings (SSSR count). The molecule has 1 amide bonds. The predicted octanol–water partition coefficient (Wildman–Crippen LogP) is 4.46. The van der Waals surface area contributed by atoms with Gasteiger partial charge in [0.1, 0.15) is 5.75 Å². The largest absolute Gasteiger partial charge is 0.496 e. The number of non-ortho nitro benzene ring substituents is 1. The van der Waals surface area contributed by atoms with Gasteiger partial charge in [-0.15, -0.1) is 0 Å². The van der Waals surface area contributed by atoms with Crippen molar-refractivity contribution in [3.05, 3.63) is 67.6 Å². The van der Waals surface area contributed by atoms with Crippen molar-refractivity contribution in [2.45, 2.75) is 6.92 Å². The molecule has 27 heavy (non-hydrogen) atoms. The zero-order valence-electron chi connectivity index (χ0n) is 14.4. The van der Waals surface area contributed by atoms with Crippen LogP contribution in [0.25, 0.3) is 6.08 Å². The summed E-state index contributed by atoms with van der Waals surface area (Å²) in [6, 6.07) is 9.54. The Morgan fingerprint density at radius 3 is 2.81 bits per heavy atom. The van der Waals surface area contributed by atoms with E-state index in [1.807, 2.05) is 6.92 Å². The number of halogens is 1. The zero-order chi connectivity index (χ0) is 19.6. The summed E-state index contributed by atoms with van der Waals surface area (Å²) in [6.45, 7) is 1.84. The highest BCUT2D eigenvalue weighted by Crippen LogP contribution is 2.33. The predicted molar refractivity (Wildman–Crippen MR) is 107 cm³/mol. The van der Waals surface area contributed by atoms with Crippen LogP contribution in [0.3, 0.4) is 0 Å². The van der Waals surface area contributed by atoms with Gasteiger partial charge >= 0.3 is 0 Å². The van der Waals surface area contributed by atoms with E-state index in [-0.39, 0.29) is 11.6 Å². The Labute approximate surface area is 164 Å². The van der Waals surface area contributed by atoms with E-state index in [9.17, 15) is 14.9 Å². The molecule has 1 aliphatic heterocycles. The maximum Gasteiger partial charge on any atom is 0.270 e. The molecule has 9 heteroatoms. The number of rotatable bonds is 4. The van der Waals surface area contributed by atoms with Gasteiger partial charge in [0.2, 0.25) is 0 Å². The van der Waals surface area contributed by atoms with Crippen LogP contribution in [0, 0.1) is 17.0 Å². The topological polar surface area (TPSA) is 93.8 Å². The molecule has 0 spiro atoms. The lowest BCUT2D eigenvalue weighted by atomic mass is 10.1. The molecular formula is C18H14ClN3O4S. The van der Waals surface area contributed by atoms with Crippen molar-refractivity contribution in [3.8, 4) is 5.75 Å². The van der Waals surface area contributed by atoms with E-state index in [1.165, 1.54) is 25.3 Å². The van der Waals surface area contributed by atoms with Crippen molar-refractivity contribution >= 4 is 51.9 Å². The number of nitro benzene ring substituents is 1. The number of nitrogens with zero attached hydrogens (tertiary/aromatic N) is 2. The highest BCUT2D eigenvalue weighted by molar-refractivity contribution is 8.18. The molecule has 0 radical (unpaired) electrons. The van der Waals surface area contributed by atoms with Gasteiger partial charge in [0.05, 0.1) is 22.6 Å². The number of thioether (sulfide) groups is 1. The number of amidine groups is 1. The highest BCUT2D eigenvalue weighted by Gasteiger charge is 2.25. The van der Waals surface area contributed by atoms with Gasteiger partial charge in [-0.25, -0.2) is 4.99 Å². The van der Waals surface area contributed by atoms with Gasteiger partial charge in [0.25, 0.3) is 11.6 Å². The average Bonchev–Trinajstić information content (AvgIpc) is 2.98. The van der Waals surface area contributed by atoms with Crippen molar-refractivity contribution in [2.24, 2.45) is 4.99 Å². The Kier molecular flexibility index (Phi) is 5.48. The van der Waals surface area contributed by atoms with Crippen LogP contribution < -0.4 is 10.1 Å². The first-order chi connectivity index (χ1) is 12.9. The Bertz CT molecular complexity index is 1000. The molecule has 0 bridgehead atoms. The normalized spacial score (nSPS) is 16.6. The highest BCUT2D eigenvalue weighted by atomic mass is 35.5. The van der Waals surface area contributed by atoms with Crippen LogP contribution in [0.2, 0.25) is 5.02 Å². The first-order valence-electron chi connectivity index (χ1n) is 7.76. The number of aliphatic imine (C=N–C) groups is 1. The van der Waals surface area contributed by atoms with Gasteiger partial charge < -0.3 is 10.1 Å². The SMILES string of the molecule is COc1ccc([N+](=O)[O-])cc1/C=C1/SC(=Nc2cccc(Cl)c2C)NC1=O. The summed E-state index contributed by atoms with van der Waals surface area (Å²) >= 11 is 7.23. The minimum absolute atomic E-state index is 0.0884. The summed E-state index contributed by atoms with van der Waals surface area (Å²) in [7, 11) is 1.46. The minimum Gasteiger partial charge on any atom is -0.496 e. The van der Waals surface area contributed by atoms with Crippen molar-refractivity contribution in [1.82, 2.24) is 5.32 Å².